The van der Waals surface area contributed by atoms with Crippen molar-refractivity contribution in [3.05, 3.63) is 58.2 Å². The lowest BCUT2D eigenvalue weighted by molar-refractivity contribution is 0.293. The minimum absolute atomic E-state index is 0.514. The summed E-state index contributed by atoms with van der Waals surface area (Å²) in [6, 6.07) is 11.9. The molecular formula is C14H15BrN2O. The molecule has 0 aliphatic carbocycles. The van der Waals surface area contributed by atoms with Crippen molar-refractivity contribution in [1.29, 1.82) is 0 Å². The second-order valence-electron chi connectivity index (χ2n) is 3.92. The molecule has 0 saturated carbocycles. The SMILES string of the molecule is CNCc1ccc(OCc2ccccc2Br)nc1. The molecule has 4 heteroatoms. The molecule has 0 aliphatic heterocycles. The van der Waals surface area contributed by atoms with Crippen LogP contribution in [0.4, 0.5) is 0 Å². The van der Waals surface area contributed by atoms with E-state index in [2.05, 4.69) is 26.2 Å². The van der Waals surface area contributed by atoms with Crippen molar-refractivity contribution in [2.45, 2.75) is 13.2 Å². The average Bonchev–Trinajstić information content (AvgIpc) is 2.40. The number of halogens is 1. The Bertz CT molecular complexity index is 499. The van der Waals surface area contributed by atoms with Gasteiger partial charge in [0.15, 0.2) is 0 Å². The Morgan fingerprint density at radius 1 is 1.22 bits per heavy atom. The maximum absolute atomic E-state index is 5.64. The number of ether oxygens (including phenoxy) is 1. The molecule has 1 aromatic carbocycles. The van der Waals surface area contributed by atoms with Crippen LogP contribution in [0.1, 0.15) is 11.1 Å². The number of pyridine rings is 1. The number of nitrogens with zero attached hydrogens (tertiary/aromatic N) is 1. The van der Waals surface area contributed by atoms with Crippen LogP contribution in [0.2, 0.25) is 0 Å². The van der Waals surface area contributed by atoms with E-state index >= 15 is 0 Å². The van der Waals surface area contributed by atoms with Crippen LogP contribution in [-0.4, -0.2) is 12.0 Å². The van der Waals surface area contributed by atoms with Crippen LogP contribution in [0.15, 0.2) is 47.1 Å². The van der Waals surface area contributed by atoms with Crippen LogP contribution in [-0.2, 0) is 13.2 Å². The van der Waals surface area contributed by atoms with E-state index in [4.69, 9.17) is 4.74 Å². The highest BCUT2D eigenvalue weighted by Gasteiger charge is 2.01. The number of nitrogens with one attached hydrogen (secondary N) is 1. The van der Waals surface area contributed by atoms with Gasteiger partial charge in [-0.25, -0.2) is 4.98 Å². The van der Waals surface area contributed by atoms with Crippen LogP contribution < -0.4 is 10.1 Å². The van der Waals surface area contributed by atoms with E-state index in [0.29, 0.717) is 12.5 Å². The third kappa shape index (κ3) is 3.55. The summed E-state index contributed by atoms with van der Waals surface area (Å²) in [6.07, 6.45) is 1.83. The largest absolute Gasteiger partial charge is 0.473 e. The van der Waals surface area contributed by atoms with Gasteiger partial charge < -0.3 is 10.1 Å². The Hall–Kier alpha value is -1.39. The van der Waals surface area contributed by atoms with E-state index in [1.165, 1.54) is 0 Å². The molecule has 3 nitrogen and oxygen atoms in total. The van der Waals surface area contributed by atoms with E-state index in [1.807, 2.05) is 49.6 Å². The first-order valence-electron chi connectivity index (χ1n) is 5.75. The maximum Gasteiger partial charge on any atom is 0.213 e. The monoisotopic (exact) mass is 306 g/mol. The predicted octanol–water partition coefficient (Wildman–Crippen LogP) is 3.14. The van der Waals surface area contributed by atoms with Crippen LogP contribution in [0.25, 0.3) is 0 Å². The molecule has 1 heterocycles. The number of benzene rings is 1. The highest BCUT2D eigenvalue weighted by molar-refractivity contribution is 9.10. The van der Waals surface area contributed by atoms with Crippen molar-refractivity contribution in [1.82, 2.24) is 10.3 Å². The summed E-state index contributed by atoms with van der Waals surface area (Å²) in [5.74, 6) is 0.644. The molecule has 0 radical (unpaired) electrons. The Labute approximate surface area is 115 Å². The van der Waals surface area contributed by atoms with Crippen LogP contribution in [0, 0.1) is 0 Å². The van der Waals surface area contributed by atoms with Crippen LogP contribution in [0.5, 0.6) is 5.88 Å². The van der Waals surface area contributed by atoms with Gasteiger partial charge in [0.1, 0.15) is 6.61 Å². The molecule has 94 valence electrons. The molecule has 18 heavy (non-hydrogen) atoms. The Kier molecular flexibility index (Phi) is 4.73. The van der Waals surface area contributed by atoms with Crippen molar-refractivity contribution in [3.63, 3.8) is 0 Å². The molecule has 0 amide bonds. The lowest BCUT2D eigenvalue weighted by Gasteiger charge is -2.07. The lowest BCUT2D eigenvalue weighted by Crippen LogP contribution is -2.05. The number of rotatable bonds is 5. The Morgan fingerprint density at radius 2 is 2.06 bits per heavy atom. The summed E-state index contributed by atoms with van der Waals surface area (Å²) in [5.41, 5.74) is 2.25. The zero-order valence-corrected chi connectivity index (χ0v) is 11.8. The molecule has 1 N–H and O–H groups in total. The van der Waals surface area contributed by atoms with Gasteiger partial charge in [-0.2, -0.15) is 0 Å². The van der Waals surface area contributed by atoms with E-state index < -0.39 is 0 Å². The summed E-state index contributed by atoms with van der Waals surface area (Å²) in [4.78, 5) is 4.26. The van der Waals surface area contributed by atoms with Gasteiger partial charge in [-0.1, -0.05) is 40.2 Å². The molecule has 0 unspecified atom stereocenters. The van der Waals surface area contributed by atoms with Gasteiger partial charge in [0.05, 0.1) is 0 Å². The van der Waals surface area contributed by atoms with Gasteiger partial charge in [-0.15, -0.1) is 0 Å². The highest BCUT2D eigenvalue weighted by atomic mass is 79.9. The molecule has 2 aromatic rings. The van der Waals surface area contributed by atoms with Crippen molar-refractivity contribution >= 4 is 15.9 Å². The first-order valence-corrected chi connectivity index (χ1v) is 6.54. The second-order valence-corrected chi connectivity index (χ2v) is 4.77. The highest BCUT2D eigenvalue weighted by Crippen LogP contribution is 2.18. The average molecular weight is 307 g/mol. The minimum Gasteiger partial charge on any atom is -0.473 e. The normalized spacial score (nSPS) is 10.3. The van der Waals surface area contributed by atoms with Crippen LogP contribution in [0.3, 0.4) is 0 Å². The van der Waals surface area contributed by atoms with Gasteiger partial charge in [0, 0.05) is 28.8 Å². The van der Waals surface area contributed by atoms with E-state index in [0.717, 1.165) is 22.1 Å². The summed E-state index contributed by atoms with van der Waals surface area (Å²) in [7, 11) is 1.91. The zero-order chi connectivity index (χ0) is 12.8. The minimum atomic E-state index is 0.514. The zero-order valence-electron chi connectivity index (χ0n) is 10.2. The van der Waals surface area contributed by atoms with Crippen molar-refractivity contribution in [2.24, 2.45) is 0 Å². The topological polar surface area (TPSA) is 34.1 Å². The fraction of sp³-hybridized carbons (Fsp3) is 0.214. The standard InChI is InChI=1S/C14H15BrN2O/c1-16-8-11-6-7-14(17-9-11)18-10-12-4-2-3-5-13(12)15/h2-7,9,16H,8,10H2,1H3. The summed E-state index contributed by atoms with van der Waals surface area (Å²) in [5, 5.41) is 3.08. The first-order chi connectivity index (χ1) is 8.79. The molecule has 0 saturated heterocycles. The lowest BCUT2D eigenvalue weighted by atomic mass is 10.2. The van der Waals surface area contributed by atoms with E-state index in [1.54, 1.807) is 0 Å². The summed E-state index contributed by atoms with van der Waals surface area (Å²) >= 11 is 3.49. The van der Waals surface area contributed by atoms with Crippen LogP contribution >= 0.6 is 15.9 Å². The first kappa shape index (κ1) is 13.1. The Balaban J connectivity index is 1.96. The molecule has 0 spiro atoms. The summed E-state index contributed by atoms with van der Waals surface area (Å²) in [6.45, 7) is 1.33. The van der Waals surface area contributed by atoms with Gasteiger partial charge >= 0.3 is 0 Å². The molecular weight excluding hydrogens is 292 g/mol. The maximum atomic E-state index is 5.64. The third-order valence-corrected chi connectivity index (χ3v) is 3.29. The number of aromatic nitrogens is 1. The van der Waals surface area contributed by atoms with Gasteiger partial charge in [0.2, 0.25) is 5.88 Å². The molecule has 0 bridgehead atoms. The smallest absolute Gasteiger partial charge is 0.213 e. The summed E-state index contributed by atoms with van der Waals surface area (Å²) < 4.78 is 6.70. The predicted molar refractivity (Wildman–Crippen MR) is 75.5 cm³/mol. The van der Waals surface area contributed by atoms with Gasteiger partial charge in [-0.3, -0.25) is 0 Å². The molecule has 0 fully saturated rings. The third-order valence-electron chi connectivity index (χ3n) is 2.51. The Morgan fingerprint density at radius 3 is 2.72 bits per heavy atom. The molecule has 1 aromatic heterocycles. The quantitative estimate of drug-likeness (QED) is 0.921. The van der Waals surface area contributed by atoms with Gasteiger partial charge in [0.25, 0.3) is 0 Å². The molecule has 0 atom stereocenters. The molecule has 2 rings (SSSR count). The fourth-order valence-corrected chi connectivity index (χ4v) is 1.97. The van der Waals surface area contributed by atoms with E-state index in [-0.39, 0.29) is 0 Å². The number of hydrogen-bond acceptors (Lipinski definition) is 3. The van der Waals surface area contributed by atoms with Crippen molar-refractivity contribution in [2.75, 3.05) is 7.05 Å². The molecule has 0 aliphatic rings. The fourth-order valence-electron chi connectivity index (χ4n) is 1.57. The second kappa shape index (κ2) is 6.52. The number of hydrogen-bond donors (Lipinski definition) is 1. The van der Waals surface area contributed by atoms with Crippen molar-refractivity contribution < 1.29 is 4.74 Å². The van der Waals surface area contributed by atoms with Gasteiger partial charge in [-0.05, 0) is 18.7 Å². The van der Waals surface area contributed by atoms with Crippen molar-refractivity contribution in [3.8, 4) is 5.88 Å². The van der Waals surface area contributed by atoms with E-state index in [9.17, 15) is 0 Å².